The highest BCUT2D eigenvalue weighted by Gasteiger charge is 2.43. The van der Waals surface area contributed by atoms with Crippen LogP contribution in [-0.4, -0.2) is 36.6 Å². The lowest BCUT2D eigenvalue weighted by atomic mass is 9.85. The van der Waals surface area contributed by atoms with Gasteiger partial charge in [-0.3, -0.25) is 4.79 Å². The number of hydrogen-bond acceptors (Lipinski definition) is 5. The molecule has 2 aromatic carbocycles. The first-order valence-corrected chi connectivity index (χ1v) is 11.7. The van der Waals surface area contributed by atoms with Crippen LogP contribution < -0.4 is 14.8 Å². The monoisotopic (exact) mass is 438 g/mol. The van der Waals surface area contributed by atoms with Crippen molar-refractivity contribution in [3.8, 4) is 11.5 Å². The topological polar surface area (TPSA) is 50.8 Å². The Bertz CT molecular complexity index is 947. The van der Waals surface area contributed by atoms with Gasteiger partial charge in [-0.2, -0.15) is 0 Å². The quantitative estimate of drug-likeness (QED) is 0.596. The molecular weight excluding hydrogens is 408 g/mol. The molecule has 0 spiro atoms. The van der Waals surface area contributed by atoms with Crippen molar-refractivity contribution in [3.05, 3.63) is 59.0 Å². The average Bonchev–Trinajstić information content (AvgIpc) is 3.09. The van der Waals surface area contributed by atoms with E-state index in [0.29, 0.717) is 17.4 Å². The Labute approximate surface area is 188 Å². The number of rotatable bonds is 6. The van der Waals surface area contributed by atoms with Crippen molar-refractivity contribution in [1.29, 1.82) is 0 Å². The van der Waals surface area contributed by atoms with E-state index < -0.39 is 0 Å². The Kier molecular flexibility index (Phi) is 6.76. The van der Waals surface area contributed by atoms with E-state index in [1.807, 2.05) is 54.6 Å². The summed E-state index contributed by atoms with van der Waals surface area (Å²) in [5.41, 5.74) is 1.72. The Morgan fingerprint density at radius 2 is 1.81 bits per heavy atom. The molecule has 164 valence electrons. The maximum Gasteiger partial charge on any atom is 0.262 e. The number of carbonyl (C=O) groups is 1. The third kappa shape index (κ3) is 4.54. The van der Waals surface area contributed by atoms with E-state index in [1.165, 1.54) is 19.3 Å². The lowest BCUT2D eigenvalue weighted by Crippen LogP contribution is -2.48. The summed E-state index contributed by atoms with van der Waals surface area (Å²) in [6.45, 7) is 2.27. The fourth-order valence-corrected chi connectivity index (χ4v) is 5.74. The third-order valence-electron chi connectivity index (χ3n) is 6.14. The summed E-state index contributed by atoms with van der Waals surface area (Å²) in [7, 11) is 3.25. The van der Waals surface area contributed by atoms with Crippen molar-refractivity contribution < 1.29 is 14.3 Å². The van der Waals surface area contributed by atoms with Gasteiger partial charge in [-0.15, -0.1) is 0 Å². The number of amides is 1. The van der Waals surface area contributed by atoms with Gasteiger partial charge >= 0.3 is 0 Å². The largest absolute Gasteiger partial charge is 0.493 e. The van der Waals surface area contributed by atoms with Gasteiger partial charge in [-0.1, -0.05) is 61.9 Å². The molecule has 1 aliphatic carbocycles. The van der Waals surface area contributed by atoms with Gasteiger partial charge in [0.15, 0.2) is 17.0 Å². The van der Waals surface area contributed by atoms with Crippen LogP contribution in [0, 0.1) is 5.92 Å². The van der Waals surface area contributed by atoms with Crippen molar-refractivity contribution in [2.45, 2.75) is 44.1 Å². The van der Waals surface area contributed by atoms with Crippen LogP contribution in [0.25, 0.3) is 6.08 Å². The summed E-state index contributed by atoms with van der Waals surface area (Å²) >= 11 is 1.57. The molecule has 1 amide bonds. The molecule has 1 saturated carbocycles. The first-order chi connectivity index (χ1) is 15.1. The molecular formula is C25H30N2O3S. The van der Waals surface area contributed by atoms with Crippen LogP contribution in [-0.2, 0) is 4.79 Å². The van der Waals surface area contributed by atoms with Crippen LogP contribution in [0.2, 0.25) is 0 Å². The van der Waals surface area contributed by atoms with E-state index in [0.717, 1.165) is 22.6 Å². The third-order valence-corrected chi connectivity index (χ3v) is 7.26. The van der Waals surface area contributed by atoms with Gasteiger partial charge < -0.3 is 19.7 Å². The lowest BCUT2D eigenvalue weighted by Gasteiger charge is -2.39. The normalized spacial score (nSPS) is 25.0. The number of nitrogens with zero attached hydrogens (tertiary/aromatic N) is 1. The van der Waals surface area contributed by atoms with E-state index in [2.05, 4.69) is 17.1 Å². The second-order valence-electron chi connectivity index (χ2n) is 8.11. The van der Waals surface area contributed by atoms with E-state index in [4.69, 9.17) is 9.47 Å². The maximum atomic E-state index is 13.6. The summed E-state index contributed by atoms with van der Waals surface area (Å²) in [6.07, 6.45) is 6.56. The van der Waals surface area contributed by atoms with E-state index >= 15 is 0 Å². The zero-order chi connectivity index (χ0) is 21.8. The minimum Gasteiger partial charge on any atom is -0.493 e. The Morgan fingerprint density at radius 1 is 1.03 bits per heavy atom. The molecule has 0 aromatic heterocycles. The van der Waals surface area contributed by atoms with Crippen molar-refractivity contribution in [3.63, 3.8) is 0 Å². The number of carbonyl (C=O) groups excluding carboxylic acids is 1. The summed E-state index contributed by atoms with van der Waals surface area (Å²) in [5.74, 6) is 1.87. The molecule has 1 saturated heterocycles. The highest BCUT2D eigenvalue weighted by molar-refractivity contribution is 8.05. The predicted octanol–water partition coefficient (Wildman–Crippen LogP) is 5.59. The molecule has 2 fully saturated rings. The van der Waals surface area contributed by atoms with Crippen LogP contribution in [0.3, 0.4) is 0 Å². The van der Waals surface area contributed by atoms with Crippen LogP contribution in [0.4, 0.5) is 5.69 Å². The van der Waals surface area contributed by atoms with E-state index in [-0.39, 0.29) is 17.4 Å². The fourth-order valence-electron chi connectivity index (χ4n) is 4.53. The van der Waals surface area contributed by atoms with E-state index in [9.17, 15) is 4.79 Å². The highest BCUT2D eigenvalue weighted by atomic mass is 32.2. The number of benzene rings is 2. The van der Waals surface area contributed by atoms with E-state index in [1.54, 1.807) is 26.0 Å². The highest BCUT2D eigenvalue weighted by Crippen LogP contribution is 2.43. The summed E-state index contributed by atoms with van der Waals surface area (Å²) in [5, 5.41) is 3.58. The van der Waals surface area contributed by atoms with Gasteiger partial charge in [-0.05, 0) is 43.0 Å². The molecule has 2 aromatic rings. The SMILES string of the molecule is COc1cccc(/C=C2\SC(Nc3ccccc3)N([C@@H]3CCCC[C@H]3C)C2=O)c1OC. The number of anilines is 1. The molecule has 2 aliphatic rings. The number of ether oxygens (including phenoxy) is 2. The predicted molar refractivity (Wildman–Crippen MR) is 127 cm³/mol. The number of thioether (sulfide) groups is 1. The molecule has 1 aliphatic heterocycles. The molecule has 3 atom stereocenters. The maximum absolute atomic E-state index is 13.6. The minimum absolute atomic E-state index is 0.0852. The molecule has 0 radical (unpaired) electrons. The van der Waals surface area contributed by atoms with Crippen molar-refractivity contribution in [1.82, 2.24) is 4.90 Å². The Balaban J connectivity index is 1.69. The summed E-state index contributed by atoms with van der Waals surface area (Å²) in [4.78, 5) is 16.4. The van der Waals surface area contributed by atoms with Crippen molar-refractivity contribution in [2.75, 3.05) is 19.5 Å². The zero-order valence-corrected chi connectivity index (χ0v) is 19.2. The van der Waals surface area contributed by atoms with Crippen molar-refractivity contribution >= 4 is 29.4 Å². The van der Waals surface area contributed by atoms with Gasteiger partial charge in [0, 0.05) is 17.3 Å². The van der Waals surface area contributed by atoms with Crippen LogP contribution in [0.15, 0.2) is 53.4 Å². The molecule has 0 bridgehead atoms. The van der Waals surface area contributed by atoms with Crippen molar-refractivity contribution in [2.24, 2.45) is 5.92 Å². The van der Waals surface area contributed by atoms with Crippen LogP contribution in [0.1, 0.15) is 38.2 Å². The zero-order valence-electron chi connectivity index (χ0n) is 18.3. The molecule has 1 unspecified atom stereocenters. The smallest absolute Gasteiger partial charge is 0.262 e. The van der Waals surface area contributed by atoms with Gasteiger partial charge in [0.05, 0.1) is 19.1 Å². The van der Waals surface area contributed by atoms with Gasteiger partial charge in [0.1, 0.15) is 0 Å². The fraction of sp³-hybridized carbons (Fsp3) is 0.400. The molecule has 1 heterocycles. The lowest BCUT2D eigenvalue weighted by molar-refractivity contribution is -0.129. The number of methoxy groups -OCH3 is 2. The molecule has 31 heavy (non-hydrogen) atoms. The molecule has 5 nitrogen and oxygen atoms in total. The average molecular weight is 439 g/mol. The van der Waals surface area contributed by atoms with Gasteiger partial charge in [0.25, 0.3) is 5.91 Å². The van der Waals surface area contributed by atoms with Gasteiger partial charge in [-0.25, -0.2) is 0 Å². The second-order valence-corrected chi connectivity index (χ2v) is 9.24. The standard InChI is InChI=1S/C25H30N2O3S/c1-17-10-7-8-14-20(17)27-24(28)22(31-25(27)26-19-12-5-4-6-13-19)16-18-11-9-15-21(29-2)23(18)30-3/h4-6,9,11-13,15-17,20,25-26H,7-8,10,14H2,1-3H3/b22-16-/t17-,20-,25?/m1/s1. The first-order valence-electron chi connectivity index (χ1n) is 10.9. The number of para-hydroxylation sites is 2. The molecule has 1 N–H and O–H groups in total. The minimum atomic E-state index is -0.136. The number of hydrogen-bond donors (Lipinski definition) is 1. The Morgan fingerprint density at radius 3 is 2.52 bits per heavy atom. The van der Waals surface area contributed by atoms with Crippen LogP contribution >= 0.6 is 11.8 Å². The summed E-state index contributed by atoms with van der Waals surface area (Å²) in [6, 6.07) is 16.1. The molecule has 4 rings (SSSR count). The molecule has 6 heteroatoms. The van der Waals surface area contributed by atoms with Crippen LogP contribution in [0.5, 0.6) is 11.5 Å². The second kappa shape index (κ2) is 9.69. The first kappa shape index (κ1) is 21.6. The number of nitrogens with one attached hydrogen (secondary N) is 1. The Hall–Kier alpha value is -2.60. The summed E-state index contributed by atoms with van der Waals surface area (Å²) < 4.78 is 11.0. The van der Waals surface area contributed by atoms with Gasteiger partial charge in [0.2, 0.25) is 0 Å².